The van der Waals surface area contributed by atoms with E-state index in [-0.39, 0.29) is 0 Å². The Balaban J connectivity index is 2.83. The molecule has 1 aromatic rings. The third kappa shape index (κ3) is 3.07. The van der Waals surface area contributed by atoms with Crippen LogP contribution in [0.1, 0.15) is 26.0 Å². The summed E-state index contributed by atoms with van der Waals surface area (Å²) < 4.78 is 1.97. The predicted octanol–water partition coefficient (Wildman–Crippen LogP) is 2.35. The van der Waals surface area contributed by atoms with E-state index in [4.69, 9.17) is 5.73 Å². The van der Waals surface area contributed by atoms with E-state index in [2.05, 4.69) is 30.5 Å². The number of nitrogens with two attached hydrogens (primary N) is 1. The Morgan fingerprint density at radius 1 is 1.56 bits per heavy atom. The molecule has 0 saturated heterocycles. The predicted molar refractivity (Wildman–Crippen MR) is 73.1 cm³/mol. The fourth-order valence-corrected chi connectivity index (χ4v) is 2.23. The van der Waals surface area contributed by atoms with Gasteiger partial charge in [0.15, 0.2) is 0 Å². The molecule has 1 aromatic heterocycles. The smallest absolute Gasteiger partial charge is 0.148 e. The van der Waals surface area contributed by atoms with Gasteiger partial charge in [-0.1, -0.05) is 6.92 Å². The molecule has 1 rings (SSSR count). The summed E-state index contributed by atoms with van der Waals surface area (Å²) in [6.07, 6.45) is 3.17. The van der Waals surface area contributed by atoms with Crippen molar-refractivity contribution in [2.75, 3.05) is 23.1 Å². The van der Waals surface area contributed by atoms with Gasteiger partial charge in [0, 0.05) is 18.3 Å². The van der Waals surface area contributed by atoms with Crippen molar-refractivity contribution < 1.29 is 0 Å². The largest absolute Gasteiger partial charge is 0.394 e. The standard InChI is InChI=1S/C11H22N4S/c1-5-6-15-11(10(12)9(3)14-15)13-8(2)7-16-4/h8,13H,5-7,12H2,1-4H3. The lowest BCUT2D eigenvalue weighted by Gasteiger charge is -2.15. The molecule has 3 N–H and O–H groups in total. The van der Waals surface area contributed by atoms with Crippen LogP contribution in [0.15, 0.2) is 0 Å². The van der Waals surface area contributed by atoms with Crippen molar-refractivity contribution in [3.05, 3.63) is 5.69 Å². The lowest BCUT2D eigenvalue weighted by molar-refractivity contribution is 0.600. The molecular formula is C11H22N4S. The van der Waals surface area contributed by atoms with Gasteiger partial charge in [-0.2, -0.15) is 16.9 Å². The summed E-state index contributed by atoms with van der Waals surface area (Å²) in [4.78, 5) is 0. The van der Waals surface area contributed by atoms with Crippen molar-refractivity contribution >= 4 is 23.3 Å². The molecule has 1 atom stereocenters. The average Bonchev–Trinajstić information content (AvgIpc) is 2.47. The van der Waals surface area contributed by atoms with Crippen LogP contribution >= 0.6 is 11.8 Å². The highest BCUT2D eigenvalue weighted by atomic mass is 32.2. The normalized spacial score (nSPS) is 12.8. The van der Waals surface area contributed by atoms with Crippen molar-refractivity contribution in [3.8, 4) is 0 Å². The first-order valence-electron chi connectivity index (χ1n) is 5.68. The number of anilines is 2. The van der Waals surface area contributed by atoms with Crippen LogP contribution in [0.4, 0.5) is 11.5 Å². The summed E-state index contributed by atoms with van der Waals surface area (Å²) in [6, 6.07) is 0.406. The van der Waals surface area contributed by atoms with E-state index in [1.54, 1.807) is 0 Å². The summed E-state index contributed by atoms with van der Waals surface area (Å²) >= 11 is 1.83. The third-order valence-corrected chi connectivity index (χ3v) is 3.24. The molecule has 0 bridgehead atoms. The zero-order valence-corrected chi connectivity index (χ0v) is 11.4. The lowest BCUT2D eigenvalue weighted by atomic mass is 10.3. The van der Waals surface area contributed by atoms with E-state index in [1.165, 1.54) is 0 Å². The van der Waals surface area contributed by atoms with Gasteiger partial charge in [-0.05, 0) is 26.5 Å². The SMILES string of the molecule is CCCn1nc(C)c(N)c1NC(C)CSC. The van der Waals surface area contributed by atoms with Crippen LogP contribution < -0.4 is 11.1 Å². The molecule has 1 unspecified atom stereocenters. The molecule has 0 aromatic carbocycles. The van der Waals surface area contributed by atoms with Crippen molar-refractivity contribution in [3.63, 3.8) is 0 Å². The fourth-order valence-electron chi connectivity index (χ4n) is 1.65. The van der Waals surface area contributed by atoms with Crippen LogP contribution in [0.5, 0.6) is 0 Å². The number of hydrogen-bond acceptors (Lipinski definition) is 4. The van der Waals surface area contributed by atoms with Crippen molar-refractivity contribution in [2.24, 2.45) is 0 Å². The number of nitrogens with zero attached hydrogens (tertiary/aromatic N) is 2. The number of hydrogen-bond donors (Lipinski definition) is 2. The number of rotatable bonds is 6. The Morgan fingerprint density at radius 3 is 2.81 bits per heavy atom. The van der Waals surface area contributed by atoms with Crippen LogP contribution in [-0.4, -0.2) is 27.8 Å². The first kappa shape index (κ1) is 13.2. The van der Waals surface area contributed by atoms with Crippen molar-refractivity contribution in [2.45, 2.75) is 39.8 Å². The van der Waals surface area contributed by atoms with Gasteiger partial charge in [-0.25, -0.2) is 4.68 Å². The van der Waals surface area contributed by atoms with Gasteiger partial charge in [-0.3, -0.25) is 0 Å². The van der Waals surface area contributed by atoms with E-state index in [9.17, 15) is 0 Å². The highest BCUT2D eigenvalue weighted by Crippen LogP contribution is 2.23. The maximum absolute atomic E-state index is 6.03. The Labute approximate surface area is 102 Å². The summed E-state index contributed by atoms with van der Waals surface area (Å²) in [7, 11) is 0. The second-order valence-corrected chi connectivity index (χ2v) is 4.98. The molecule has 4 nitrogen and oxygen atoms in total. The number of aromatic nitrogens is 2. The minimum Gasteiger partial charge on any atom is -0.394 e. The minimum atomic E-state index is 0.406. The Hall–Kier alpha value is -0.840. The Bertz CT molecular complexity index is 335. The molecular weight excluding hydrogens is 220 g/mol. The average molecular weight is 242 g/mol. The van der Waals surface area contributed by atoms with Crippen LogP contribution in [0.25, 0.3) is 0 Å². The molecule has 0 spiro atoms. The van der Waals surface area contributed by atoms with E-state index in [0.717, 1.165) is 35.9 Å². The molecule has 0 aliphatic heterocycles. The van der Waals surface area contributed by atoms with E-state index >= 15 is 0 Å². The van der Waals surface area contributed by atoms with Gasteiger partial charge >= 0.3 is 0 Å². The fraction of sp³-hybridized carbons (Fsp3) is 0.727. The number of nitrogens with one attached hydrogen (secondary N) is 1. The number of aryl methyl sites for hydroxylation is 2. The summed E-state index contributed by atoms with van der Waals surface area (Å²) in [5.74, 6) is 2.04. The van der Waals surface area contributed by atoms with Gasteiger partial charge < -0.3 is 11.1 Å². The first-order chi connectivity index (χ1) is 7.60. The highest BCUT2D eigenvalue weighted by Gasteiger charge is 2.13. The maximum atomic E-state index is 6.03. The molecule has 92 valence electrons. The molecule has 0 aliphatic rings. The van der Waals surface area contributed by atoms with Crippen molar-refractivity contribution in [1.82, 2.24) is 9.78 Å². The molecule has 0 amide bonds. The molecule has 0 radical (unpaired) electrons. The molecule has 5 heteroatoms. The van der Waals surface area contributed by atoms with E-state index in [1.807, 2.05) is 23.4 Å². The van der Waals surface area contributed by atoms with Gasteiger partial charge in [0.05, 0.1) is 11.4 Å². The van der Waals surface area contributed by atoms with Crippen LogP contribution in [-0.2, 0) is 6.54 Å². The van der Waals surface area contributed by atoms with Gasteiger partial charge in [0.2, 0.25) is 0 Å². The second-order valence-electron chi connectivity index (χ2n) is 4.07. The molecule has 16 heavy (non-hydrogen) atoms. The van der Waals surface area contributed by atoms with Crippen LogP contribution in [0.2, 0.25) is 0 Å². The summed E-state index contributed by atoms with van der Waals surface area (Å²) in [5.41, 5.74) is 7.71. The van der Waals surface area contributed by atoms with Gasteiger partial charge in [0.25, 0.3) is 0 Å². The van der Waals surface area contributed by atoms with Crippen molar-refractivity contribution in [1.29, 1.82) is 0 Å². The monoisotopic (exact) mass is 242 g/mol. The van der Waals surface area contributed by atoms with Crippen LogP contribution in [0, 0.1) is 6.92 Å². The second kappa shape index (κ2) is 6.03. The number of thioether (sulfide) groups is 1. The summed E-state index contributed by atoms with van der Waals surface area (Å²) in [6.45, 7) is 7.16. The van der Waals surface area contributed by atoms with Gasteiger partial charge in [0.1, 0.15) is 5.82 Å². The Morgan fingerprint density at radius 2 is 2.25 bits per heavy atom. The maximum Gasteiger partial charge on any atom is 0.148 e. The molecule has 0 saturated carbocycles. The molecule has 0 fully saturated rings. The van der Waals surface area contributed by atoms with E-state index in [0.29, 0.717) is 6.04 Å². The first-order valence-corrected chi connectivity index (χ1v) is 7.07. The van der Waals surface area contributed by atoms with Crippen LogP contribution in [0.3, 0.4) is 0 Å². The lowest BCUT2D eigenvalue weighted by Crippen LogP contribution is -2.21. The van der Waals surface area contributed by atoms with E-state index < -0.39 is 0 Å². The third-order valence-electron chi connectivity index (χ3n) is 2.41. The highest BCUT2D eigenvalue weighted by molar-refractivity contribution is 7.98. The summed E-state index contributed by atoms with van der Waals surface area (Å²) in [5, 5.41) is 7.88. The Kier molecular flexibility index (Phi) is 4.99. The molecule has 0 aliphatic carbocycles. The zero-order chi connectivity index (χ0) is 12.1. The zero-order valence-electron chi connectivity index (χ0n) is 10.6. The quantitative estimate of drug-likeness (QED) is 0.804. The number of nitrogen functional groups attached to an aromatic ring is 1. The molecule has 1 heterocycles. The minimum absolute atomic E-state index is 0.406. The topological polar surface area (TPSA) is 55.9 Å². The van der Waals surface area contributed by atoms with Gasteiger partial charge in [-0.15, -0.1) is 0 Å².